The molecule has 1 spiro atoms. The van der Waals surface area contributed by atoms with Gasteiger partial charge in [-0.2, -0.15) is 0 Å². The number of hydrogen-bond acceptors (Lipinski definition) is 6. The Morgan fingerprint density at radius 3 is 2.80 bits per heavy atom. The van der Waals surface area contributed by atoms with E-state index in [1.165, 1.54) is 11.8 Å². The van der Waals surface area contributed by atoms with E-state index in [0.717, 1.165) is 32.5 Å². The summed E-state index contributed by atoms with van der Waals surface area (Å²) in [6.45, 7) is 4.56. The lowest BCUT2D eigenvalue weighted by atomic mass is 9.84. The monoisotopic (exact) mass is 435 g/mol. The van der Waals surface area contributed by atoms with Gasteiger partial charge in [0, 0.05) is 38.5 Å². The van der Waals surface area contributed by atoms with E-state index in [0.29, 0.717) is 42.3 Å². The maximum absolute atomic E-state index is 13.3. The molecule has 3 heterocycles. The average Bonchev–Trinajstić information content (AvgIpc) is 2.94. The van der Waals surface area contributed by atoms with Gasteiger partial charge in [0.2, 0.25) is 0 Å². The molecule has 2 saturated heterocycles. The van der Waals surface area contributed by atoms with Crippen molar-refractivity contribution >= 4 is 29.5 Å². The zero-order valence-corrected chi connectivity index (χ0v) is 17.7. The molecule has 1 unspecified atom stereocenters. The lowest BCUT2D eigenvalue weighted by Crippen LogP contribution is -2.47. The molecule has 0 saturated carbocycles. The number of halogens is 1. The van der Waals surface area contributed by atoms with E-state index in [9.17, 15) is 14.4 Å². The quantitative estimate of drug-likeness (QED) is 0.564. The fourth-order valence-electron chi connectivity index (χ4n) is 4.55. The first kappa shape index (κ1) is 20.9. The number of fused-ring (bicyclic) bond motifs is 2. The number of esters is 1. The summed E-state index contributed by atoms with van der Waals surface area (Å²) in [5, 5.41) is 3.34. The zero-order chi connectivity index (χ0) is 21.3. The molecule has 9 heteroatoms. The number of hydrogen-bond donors (Lipinski definition) is 1. The van der Waals surface area contributed by atoms with Gasteiger partial charge >= 0.3 is 12.0 Å². The maximum atomic E-state index is 13.3. The third-order valence-electron chi connectivity index (χ3n) is 6.05. The molecule has 8 nitrogen and oxygen atoms in total. The van der Waals surface area contributed by atoms with Crippen LogP contribution in [0.3, 0.4) is 0 Å². The van der Waals surface area contributed by atoms with Crippen LogP contribution in [0.25, 0.3) is 0 Å². The first-order chi connectivity index (χ1) is 14.4. The summed E-state index contributed by atoms with van der Waals surface area (Å²) in [5.74, 6) is -0.0126. The summed E-state index contributed by atoms with van der Waals surface area (Å²) in [6.07, 6.45) is 2.68. The molecule has 0 radical (unpaired) electrons. The number of rotatable bonds is 5. The van der Waals surface area contributed by atoms with Crippen molar-refractivity contribution in [1.29, 1.82) is 0 Å². The Labute approximate surface area is 180 Å². The number of nitrogens with zero attached hydrogens (tertiary/aromatic N) is 2. The van der Waals surface area contributed by atoms with E-state index < -0.39 is 5.54 Å². The number of piperidine rings is 1. The lowest BCUT2D eigenvalue weighted by Gasteiger charge is -2.33. The molecule has 3 amide bonds. The standard InChI is InChI=1S/C21H26ClN3O5/c1-14(26)30-15-6-11-24(12-7-15)9-3-10-25-19(27)21(23-20(25)28)8-13-29-18-16(21)4-2-5-17(18)22/h2,4-5,15H,3,6-13H2,1H3,(H,23,28). The molecule has 1 N–H and O–H groups in total. The maximum Gasteiger partial charge on any atom is 0.325 e. The summed E-state index contributed by atoms with van der Waals surface area (Å²) >= 11 is 6.24. The summed E-state index contributed by atoms with van der Waals surface area (Å²) in [4.78, 5) is 40.6. The Balaban J connectivity index is 1.35. The molecular formula is C21H26ClN3O5. The van der Waals surface area contributed by atoms with Crippen LogP contribution in [-0.2, 0) is 19.9 Å². The molecule has 2 fully saturated rings. The van der Waals surface area contributed by atoms with E-state index >= 15 is 0 Å². The molecule has 1 atom stereocenters. The highest BCUT2D eigenvalue weighted by molar-refractivity contribution is 6.32. The number of imide groups is 1. The summed E-state index contributed by atoms with van der Waals surface area (Å²) in [5.41, 5.74) is -0.479. The number of carbonyl (C=O) groups is 3. The van der Waals surface area contributed by atoms with E-state index in [1.54, 1.807) is 18.2 Å². The van der Waals surface area contributed by atoms with Crippen LogP contribution in [0.1, 0.15) is 38.2 Å². The Bertz CT molecular complexity index is 855. The van der Waals surface area contributed by atoms with Crippen molar-refractivity contribution in [3.63, 3.8) is 0 Å². The van der Waals surface area contributed by atoms with Crippen molar-refractivity contribution in [2.24, 2.45) is 0 Å². The van der Waals surface area contributed by atoms with Crippen LogP contribution in [0.15, 0.2) is 18.2 Å². The number of ether oxygens (including phenoxy) is 2. The van der Waals surface area contributed by atoms with Gasteiger partial charge < -0.3 is 19.7 Å². The van der Waals surface area contributed by atoms with E-state index in [1.807, 2.05) is 0 Å². The van der Waals surface area contributed by atoms with Gasteiger partial charge in [-0.05, 0) is 31.9 Å². The summed E-state index contributed by atoms with van der Waals surface area (Å²) in [7, 11) is 0. The number of benzene rings is 1. The van der Waals surface area contributed by atoms with Crippen molar-refractivity contribution in [3.05, 3.63) is 28.8 Å². The van der Waals surface area contributed by atoms with Crippen LogP contribution in [0.5, 0.6) is 5.75 Å². The van der Waals surface area contributed by atoms with E-state index in [4.69, 9.17) is 21.1 Å². The highest BCUT2D eigenvalue weighted by Crippen LogP contribution is 2.44. The van der Waals surface area contributed by atoms with Gasteiger partial charge in [-0.25, -0.2) is 4.79 Å². The molecule has 3 aliphatic heterocycles. The zero-order valence-electron chi connectivity index (χ0n) is 17.0. The van der Waals surface area contributed by atoms with Gasteiger partial charge in [-0.15, -0.1) is 0 Å². The van der Waals surface area contributed by atoms with Gasteiger partial charge in [0.25, 0.3) is 5.91 Å². The van der Waals surface area contributed by atoms with Crippen LogP contribution in [0.2, 0.25) is 5.02 Å². The second kappa shape index (κ2) is 8.43. The highest BCUT2D eigenvalue weighted by Gasteiger charge is 2.54. The smallest absolute Gasteiger partial charge is 0.325 e. The van der Waals surface area contributed by atoms with Gasteiger partial charge in [-0.1, -0.05) is 23.7 Å². The van der Waals surface area contributed by atoms with Crippen molar-refractivity contribution < 1.29 is 23.9 Å². The van der Waals surface area contributed by atoms with Crippen molar-refractivity contribution in [1.82, 2.24) is 15.1 Å². The van der Waals surface area contributed by atoms with Crippen molar-refractivity contribution in [2.45, 2.75) is 44.2 Å². The van der Waals surface area contributed by atoms with Crippen LogP contribution in [0.4, 0.5) is 4.79 Å². The van der Waals surface area contributed by atoms with Crippen LogP contribution < -0.4 is 10.1 Å². The van der Waals surface area contributed by atoms with E-state index in [-0.39, 0.29) is 24.0 Å². The number of likely N-dealkylation sites (tertiary alicyclic amines) is 1. The first-order valence-corrected chi connectivity index (χ1v) is 10.7. The number of amides is 3. The number of urea groups is 1. The Morgan fingerprint density at radius 2 is 2.07 bits per heavy atom. The molecule has 0 aromatic heterocycles. The summed E-state index contributed by atoms with van der Waals surface area (Å²) in [6, 6.07) is 4.89. The van der Waals surface area contributed by atoms with E-state index in [2.05, 4.69) is 10.2 Å². The van der Waals surface area contributed by atoms with Gasteiger partial charge in [0.1, 0.15) is 11.9 Å². The minimum absolute atomic E-state index is 0.00930. The third kappa shape index (κ3) is 3.86. The summed E-state index contributed by atoms with van der Waals surface area (Å²) < 4.78 is 10.9. The molecule has 1 aromatic carbocycles. The number of nitrogens with one attached hydrogen (secondary N) is 1. The molecular weight excluding hydrogens is 410 g/mol. The molecule has 30 heavy (non-hydrogen) atoms. The average molecular weight is 436 g/mol. The Hall–Kier alpha value is -2.32. The lowest BCUT2D eigenvalue weighted by molar-refractivity contribution is -0.148. The minimum Gasteiger partial charge on any atom is -0.492 e. The van der Waals surface area contributed by atoms with Crippen molar-refractivity contribution in [3.8, 4) is 5.75 Å². The normalized spacial score (nSPS) is 24.5. The van der Waals surface area contributed by atoms with Gasteiger partial charge in [0.15, 0.2) is 5.54 Å². The highest BCUT2D eigenvalue weighted by atomic mass is 35.5. The first-order valence-electron chi connectivity index (χ1n) is 10.4. The second-order valence-corrected chi connectivity index (χ2v) is 8.42. The predicted octanol–water partition coefficient (Wildman–Crippen LogP) is 2.29. The molecule has 0 bridgehead atoms. The molecule has 3 aliphatic rings. The minimum atomic E-state index is -1.10. The molecule has 1 aromatic rings. The third-order valence-corrected chi connectivity index (χ3v) is 6.35. The fraction of sp³-hybridized carbons (Fsp3) is 0.571. The Kier molecular flexibility index (Phi) is 5.88. The SMILES string of the molecule is CC(=O)OC1CCN(CCCN2C(=O)NC3(CCOc4c(Cl)cccc43)C2=O)CC1. The number of para-hydroxylation sites is 1. The predicted molar refractivity (Wildman–Crippen MR) is 109 cm³/mol. The van der Waals surface area contributed by atoms with Crippen LogP contribution in [0, 0.1) is 0 Å². The van der Waals surface area contributed by atoms with Crippen molar-refractivity contribution in [2.75, 3.05) is 32.8 Å². The Morgan fingerprint density at radius 1 is 1.30 bits per heavy atom. The van der Waals surface area contributed by atoms with Crippen LogP contribution >= 0.6 is 11.6 Å². The topological polar surface area (TPSA) is 88.2 Å². The second-order valence-electron chi connectivity index (χ2n) is 8.01. The molecule has 0 aliphatic carbocycles. The van der Waals surface area contributed by atoms with Gasteiger partial charge in [0.05, 0.1) is 11.6 Å². The largest absolute Gasteiger partial charge is 0.492 e. The molecule has 4 rings (SSSR count). The van der Waals surface area contributed by atoms with Crippen LogP contribution in [-0.4, -0.2) is 66.6 Å². The molecule has 162 valence electrons. The van der Waals surface area contributed by atoms with Gasteiger partial charge in [-0.3, -0.25) is 14.5 Å². The fourth-order valence-corrected chi connectivity index (χ4v) is 4.78. The number of carbonyl (C=O) groups excluding carboxylic acids is 3.